The number of carboxylic acid groups (broad SMARTS) is 2. The summed E-state index contributed by atoms with van der Waals surface area (Å²) in [5, 5.41) is 33.2. The number of oxime groups is 1. The Kier molecular flexibility index (Phi) is 5.65. The average molecular weight is 414 g/mol. The van der Waals surface area contributed by atoms with Crippen LogP contribution in [-0.4, -0.2) is 82.9 Å². The van der Waals surface area contributed by atoms with E-state index in [1.165, 1.54) is 28.5 Å². The molecule has 1 aromatic rings. The van der Waals surface area contributed by atoms with E-state index < -0.39 is 11.9 Å². The topological polar surface area (TPSA) is 160 Å². The predicted molar refractivity (Wildman–Crippen MR) is 93.0 cm³/mol. The molecular weight excluding hydrogens is 400 g/mol. The van der Waals surface area contributed by atoms with Crippen molar-refractivity contribution in [1.82, 2.24) is 25.1 Å². The van der Waals surface area contributed by atoms with Crippen molar-refractivity contribution in [1.29, 1.82) is 0 Å². The second-order valence-electron chi connectivity index (χ2n) is 5.42. The molecule has 0 saturated carbocycles. The number of rotatable bonds is 8. The van der Waals surface area contributed by atoms with Crippen LogP contribution < -0.4 is 0 Å². The third-order valence-electron chi connectivity index (χ3n) is 3.76. The molecule has 1 saturated heterocycles. The van der Waals surface area contributed by atoms with E-state index >= 15 is 0 Å². The maximum absolute atomic E-state index is 11.8. The third-order valence-corrected chi connectivity index (χ3v) is 6.08. The van der Waals surface area contributed by atoms with Crippen molar-refractivity contribution >= 4 is 47.1 Å². The van der Waals surface area contributed by atoms with Gasteiger partial charge in [0.25, 0.3) is 0 Å². The quantitative estimate of drug-likeness (QED) is 0.244. The Bertz CT molecular complexity index is 852. The number of carbonyl (C=O) groups is 3. The Morgan fingerprint density at radius 2 is 2.22 bits per heavy atom. The Balaban J connectivity index is 1.75. The van der Waals surface area contributed by atoms with Crippen LogP contribution in [0, 0.1) is 0 Å². The largest absolute Gasteiger partial charge is 0.477 e. The number of thioether (sulfide) groups is 2. The molecule has 1 atom stereocenters. The molecule has 1 fully saturated rings. The first-order chi connectivity index (χ1) is 12.9. The molecule has 0 aromatic carbocycles. The Morgan fingerprint density at radius 1 is 1.44 bits per heavy atom. The van der Waals surface area contributed by atoms with Crippen LogP contribution in [0.1, 0.15) is 6.42 Å². The van der Waals surface area contributed by atoms with Gasteiger partial charge in [-0.2, -0.15) is 0 Å². The van der Waals surface area contributed by atoms with Crippen molar-refractivity contribution in [3.05, 3.63) is 11.3 Å². The molecular formula is C13H14N6O6S2. The highest BCUT2D eigenvalue weighted by atomic mass is 32.2. The SMILES string of the molecule is CON=C(Cn1nnnc1SCC1=C(C(=O)O)N2C(=O)C[C@@H]2SC1)C(=O)O. The number of hydrogen-bond donors (Lipinski definition) is 2. The molecule has 2 N–H and O–H groups in total. The van der Waals surface area contributed by atoms with Gasteiger partial charge in [-0.25, -0.2) is 14.3 Å². The van der Waals surface area contributed by atoms with Gasteiger partial charge >= 0.3 is 11.9 Å². The number of tetrazole rings is 1. The molecule has 2 aliphatic rings. The van der Waals surface area contributed by atoms with Crippen molar-refractivity contribution < 1.29 is 29.4 Å². The molecule has 0 unspecified atom stereocenters. The van der Waals surface area contributed by atoms with Crippen LogP contribution >= 0.6 is 23.5 Å². The minimum Gasteiger partial charge on any atom is -0.477 e. The molecule has 0 spiro atoms. The van der Waals surface area contributed by atoms with E-state index in [-0.39, 0.29) is 35.0 Å². The van der Waals surface area contributed by atoms with E-state index in [2.05, 4.69) is 25.5 Å². The molecule has 0 radical (unpaired) electrons. The van der Waals surface area contributed by atoms with E-state index in [0.717, 1.165) is 11.8 Å². The number of aromatic nitrogens is 4. The zero-order chi connectivity index (χ0) is 19.6. The van der Waals surface area contributed by atoms with Gasteiger partial charge in [-0.15, -0.1) is 16.9 Å². The highest BCUT2D eigenvalue weighted by molar-refractivity contribution is 8.00. The van der Waals surface area contributed by atoms with Gasteiger partial charge in [-0.3, -0.25) is 9.69 Å². The van der Waals surface area contributed by atoms with Crippen LogP contribution in [-0.2, 0) is 25.8 Å². The molecule has 27 heavy (non-hydrogen) atoms. The van der Waals surface area contributed by atoms with Crippen molar-refractivity contribution in [2.45, 2.75) is 23.5 Å². The van der Waals surface area contributed by atoms with Crippen molar-refractivity contribution in [2.75, 3.05) is 18.6 Å². The fourth-order valence-corrected chi connectivity index (χ4v) is 4.81. The van der Waals surface area contributed by atoms with Crippen molar-refractivity contribution in [3.8, 4) is 0 Å². The lowest BCUT2D eigenvalue weighted by Gasteiger charge is -2.43. The minimum atomic E-state index is -1.27. The summed E-state index contributed by atoms with van der Waals surface area (Å²) in [6.45, 7) is -0.217. The van der Waals surface area contributed by atoms with Crippen LogP contribution in [0.15, 0.2) is 21.6 Å². The standard InChI is InChI=1S/C13H14N6O6S2/c1-25-15-7(11(21)22)3-18-13(14-16-17-18)27-5-6-4-26-9-2-8(20)19(9)10(6)12(23)24/h9H,2-5H2,1H3,(H,21,22)(H,23,24)/t9-/m0/s1. The van der Waals surface area contributed by atoms with Crippen molar-refractivity contribution in [2.24, 2.45) is 5.16 Å². The number of hydrogen-bond acceptors (Lipinski definition) is 10. The number of amides is 1. The number of nitrogens with zero attached hydrogens (tertiary/aromatic N) is 6. The highest BCUT2D eigenvalue weighted by Gasteiger charge is 2.45. The summed E-state index contributed by atoms with van der Waals surface area (Å²) in [5.74, 6) is -1.90. The number of aliphatic carboxylic acids is 2. The number of carbonyl (C=O) groups excluding carboxylic acids is 1. The first-order valence-electron chi connectivity index (χ1n) is 7.53. The van der Waals surface area contributed by atoms with E-state index in [1.54, 1.807) is 0 Å². The van der Waals surface area contributed by atoms with Crippen LogP contribution in [0.5, 0.6) is 0 Å². The summed E-state index contributed by atoms with van der Waals surface area (Å²) < 4.78 is 1.23. The molecule has 2 aliphatic heterocycles. The van der Waals surface area contributed by atoms with Gasteiger partial charge < -0.3 is 15.1 Å². The zero-order valence-corrected chi connectivity index (χ0v) is 15.6. The lowest BCUT2D eigenvalue weighted by Crippen LogP contribution is -2.54. The number of fused-ring (bicyclic) bond motifs is 1. The van der Waals surface area contributed by atoms with Gasteiger partial charge in [0.1, 0.15) is 12.8 Å². The maximum Gasteiger partial charge on any atom is 0.355 e. The monoisotopic (exact) mass is 414 g/mol. The Morgan fingerprint density at radius 3 is 2.85 bits per heavy atom. The predicted octanol–water partition coefficient (Wildman–Crippen LogP) is -0.504. The van der Waals surface area contributed by atoms with Crippen LogP contribution in [0.3, 0.4) is 0 Å². The van der Waals surface area contributed by atoms with E-state index in [1.807, 2.05) is 0 Å². The van der Waals surface area contributed by atoms with E-state index in [4.69, 9.17) is 5.11 Å². The molecule has 0 bridgehead atoms. The second kappa shape index (κ2) is 7.96. The number of β-lactam (4-membered cyclic amide) rings is 1. The highest BCUT2D eigenvalue weighted by Crippen LogP contribution is 2.41. The van der Waals surface area contributed by atoms with Crippen LogP contribution in [0.4, 0.5) is 0 Å². The van der Waals surface area contributed by atoms with Crippen LogP contribution in [0.2, 0.25) is 0 Å². The fourth-order valence-electron chi connectivity index (χ4n) is 2.53. The van der Waals surface area contributed by atoms with E-state index in [0.29, 0.717) is 22.9 Å². The number of carboxylic acids is 2. The zero-order valence-electron chi connectivity index (χ0n) is 13.9. The first kappa shape index (κ1) is 19.2. The van der Waals surface area contributed by atoms with Gasteiger partial charge in [0.05, 0.1) is 18.3 Å². The summed E-state index contributed by atoms with van der Waals surface area (Å²) in [6, 6.07) is 0. The van der Waals surface area contributed by atoms with Gasteiger partial charge in [-0.1, -0.05) is 16.9 Å². The Labute approximate surface area is 160 Å². The minimum absolute atomic E-state index is 0.00805. The lowest BCUT2D eigenvalue weighted by molar-refractivity contribution is -0.146. The van der Waals surface area contributed by atoms with Crippen LogP contribution in [0.25, 0.3) is 0 Å². The molecule has 12 nitrogen and oxygen atoms in total. The third kappa shape index (κ3) is 3.90. The maximum atomic E-state index is 11.8. The summed E-state index contributed by atoms with van der Waals surface area (Å²) in [4.78, 5) is 40.3. The van der Waals surface area contributed by atoms with Gasteiger partial charge in [0.2, 0.25) is 11.1 Å². The molecule has 144 valence electrons. The van der Waals surface area contributed by atoms with Gasteiger partial charge in [0.15, 0.2) is 5.71 Å². The Hall–Kier alpha value is -2.61. The molecule has 1 aromatic heterocycles. The lowest BCUT2D eigenvalue weighted by atomic mass is 10.1. The molecule has 14 heteroatoms. The molecule has 3 heterocycles. The van der Waals surface area contributed by atoms with Gasteiger partial charge in [0, 0.05) is 11.5 Å². The molecule has 3 rings (SSSR count). The summed E-state index contributed by atoms with van der Waals surface area (Å²) in [5.41, 5.74) is 0.299. The first-order valence-corrected chi connectivity index (χ1v) is 9.57. The molecule has 1 amide bonds. The second-order valence-corrected chi connectivity index (χ2v) is 7.53. The normalized spacial score (nSPS) is 19.6. The van der Waals surface area contributed by atoms with Crippen molar-refractivity contribution in [3.63, 3.8) is 0 Å². The molecule has 0 aliphatic carbocycles. The van der Waals surface area contributed by atoms with Gasteiger partial charge in [-0.05, 0) is 16.0 Å². The van der Waals surface area contributed by atoms with E-state index in [9.17, 15) is 19.5 Å². The smallest absolute Gasteiger partial charge is 0.355 e. The summed E-state index contributed by atoms with van der Waals surface area (Å²) in [7, 11) is 1.23. The summed E-state index contributed by atoms with van der Waals surface area (Å²) in [6.07, 6.45) is 0.344. The fraction of sp³-hybridized carbons (Fsp3) is 0.462. The average Bonchev–Trinajstić information content (AvgIpc) is 3.05. The summed E-state index contributed by atoms with van der Waals surface area (Å²) >= 11 is 2.65.